The molecule has 1 aliphatic heterocycles. The molecule has 2 N–H and O–H groups in total. The topological polar surface area (TPSA) is 78.9 Å². The van der Waals surface area contributed by atoms with Crippen molar-refractivity contribution in [1.29, 1.82) is 0 Å². The zero-order valence-electron chi connectivity index (χ0n) is 12.0. The number of nitrogens with one attached hydrogen (secondary N) is 1. The molecular weight excluding hydrogens is 272 g/mol. The molecule has 0 aliphatic carbocycles. The highest BCUT2D eigenvalue weighted by Crippen LogP contribution is 2.23. The Kier molecular flexibility index (Phi) is 5.03. The van der Waals surface area contributed by atoms with Crippen LogP contribution in [0.1, 0.15) is 12.8 Å². The Hall–Kier alpha value is -2.24. The van der Waals surface area contributed by atoms with Gasteiger partial charge in [-0.3, -0.25) is 9.59 Å². The lowest BCUT2D eigenvalue weighted by atomic mass is 9.98. The lowest BCUT2D eigenvalue weighted by Gasteiger charge is -2.30. The van der Waals surface area contributed by atoms with Gasteiger partial charge in [-0.25, -0.2) is 0 Å². The molecule has 1 heterocycles. The summed E-state index contributed by atoms with van der Waals surface area (Å²) < 4.78 is 5.21. The lowest BCUT2D eigenvalue weighted by Crippen LogP contribution is -2.44. The summed E-state index contributed by atoms with van der Waals surface area (Å²) in [5.74, 6) is -0.696. The second-order valence-electron chi connectivity index (χ2n) is 5.07. The van der Waals surface area contributed by atoms with Crippen molar-refractivity contribution >= 4 is 17.6 Å². The molecule has 0 radical (unpaired) electrons. The van der Waals surface area contributed by atoms with Gasteiger partial charge in [0.2, 0.25) is 5.91 Å². The number of carbonyl (C=O) groups is 2. The summed E-state index contributed by atoms with van der Waals surface area (Å²) in [5.41, 5.74) is 0.750. The van der Waals surface area contributed by atoms with E-state index in [4.69, 9.17) is 9.84 Å². The highest BCUT2D eigenvalue weighted by atomic mass is 16.5. The first kappa shape index (κ1) is 15.2. The van der Waals surface area contributed by atoms with Crippen LogP contribution >= 0.6 is 0 Å². The molecule has 1 amide bonds. The minimum Gasteiger partial charge on any atom is -0.495 e. The molecule has 0 saturated carbocycles. The van der Waals surface area contributed by atoms with E-state index >= 15 is 0 Å². The van der Waals surface area contributed by atoms with Gasteiger partial charge in [0.1, 0.15) is 5.75 Å². The average Bonchev–Trinajstić information content (AvgIpc) is 2.52. The van der Waals surface area contributed by atoms with Gasteiger partial charge in [-0.1, -0.05) is 12.1 Å². The Balaban J connectivity index is 1.91. The average molecular weight is 292 g/mol. The summed E-state index contributed by atoms with van der Waals surface area (Å²) in [7, 11) is 1.57. The predicted octanol–water partition coefficient (Wildman–Crippen LogP) is 1.43. The lowest BCUT2D eigenvalue weighted by molar-refractivity contribution is -0.145. The van der Waals surface area contributed by atoms with Gasteiger partial charge in [0.15, 0.2) is 0 Å². The molecule has 0 spiro atoms. The molecule has 6 heteroatoms. The summed E-state index contributed by atoms with van der Waals surface area (Å²) >= 11 is 0. The minimum atomic E-state index is -0.829. The summed E-state index contributed by atoms with van der Waals surface area (Å²) in [4.78, 5) is 24.8. The number of piperidine rings is 1. The van der Waals surface area contributed by atoms with E-state index in [9.17, 15) is 9.59 Å². The van der Waals surface area contributed by atoms with Crippen molar-refractivity contribution in [3.63, 3.8) is 0 Å². The number of aliphatic carboxylic acids is 1. The Morgan fingerprint density at radius 2 is 2.19 bits per heavy atom. The molecule has 1 aromatic carbocycles. The van der Waals surface area contributed by atoms with Gasteiger partial charge in [0.25, 0.3) is 0 Å². The van der Waals surface area contributed by atoms with Crippen molar-refractivity contribution in [1.82, 2.24) is 4.90 Å². The van der Waals surface area contributed by atoms with Crippen LogP contribution in [0.3, 0.4) is 0 Å². The molecule has 2 rings (SSSR count). The van der Waals surface area contributed by atoms with Crippen LogP contribution in [0.15, 0.2) is 24.3 Å². The number of likely N-dealkylation sites (tertiary alicyclic amines) is 1. The quantitative estimate of drug-likeness (QED) is 0.858. The number of hydrogen-bond acceptors (Lipinski definition) is 4. The third-order valence-corrected chi connectivity index (χ3v) is 3.66. The standard InChI is InChI=1S/C15H20N2O4/c1-21-13-7-3-2-6-12(13)16-9-14(18)17-8-4-5-11(10-17)15(19)20/h2-3,6-7,11,16H,4-5,8-10H2,1H3,(H,19,20). The maximum Gasteiger partial charge on any atom is 0.308 e. The molecule has 1 fully saturated rings. The van der Waals surface area contributed by atoms with E-state index in [1.807, 2.05) is 24.3 Å². The fraction of sp³-hybridized carbons (Fsp3) is 0.467. The van der Waals surface area contributed by atoms with Crippen LogP contribution < -0.4 is 10.1 Å². The van der Waals surface area contributed by atoms with Gasteiger partial charge in [-0.2, -0.15) is 0 Å². The predicted molar refractivity (Wildman–Crippen MR) is 78.4 cm³/mol. The fourth-order valence-electron chi connectivity index (χ4n) is 2.48. The molecule has 1 saturated heterocycles. The molecular formula is C15H20N2O4. The molecule has 1 aliphatic rings. The maximum absolute atomic E-state index is 12.2. The first-order valence-electron chi connectivity index (χ1n) is 6.99. The van der Waals surface area contributed by atoms with Crippen LogP contribution in [0.5, 0.6) is 5.75 Å². The fourth-order valence-corrected chi connectivity index (χ4v) is 2.48. The number of rotatable bonds is 5. The third kappa shape index (κ3) is 3.87. The summed E-state index contributed by atoms with van der Waals surface area (Å²) in [5, 5.41) is 12.1. The molecule has 0 aromatic heterocycles. The number of methoxy groups -OCH3 is 1. The normalized spacial score (nSPS) is 18.1. The Morgan fingerprint density at radius 3 is 2.90 bits per heavy atom. The van der Waals surface area contributed by atoms with Crippen LogP contribution in [-0.2, 0) is 9.59 Å². The van der Waals surface area contributed by atoms with Crippen molar-refractivity contribution in [2.45, 2.75) is 12.8 Å². The zero-order valence-corrected chi connectivity index (χ0v) is 12.0. The number of hydrogen-bond donors (Lipinski definition) is 2. The summed E-state index contributed by atoms with van der Waals surface area (Å²) in [6.45, 7) is 1.05. The zero-order chi connectivity index (χ0) is 15.2. The number of carboxylic acid groups (broad SMARTS) is 1. The first-order valence-corrected chi connectivity index (χ1v) is 6.99. The molecule has 21 heavy (non-hydrogen) atoms. The van der Waals surface area contributed by atoms with E-state index in [1.165, 1.54) is 0 Å². The number of benzene rings is 1. The van der Waals surface area contributed by atoms with Crippen molar-refractivity contribution in [3.05, 3.63) is 24.3 Å². The number of para-hydroxylation sites is 2. The molecule has 1 aromatic rings. The van der Waals surface area contributed by atoms with Crippen molar-refractivity contribution in [2.75, 3.05) is 32.1 Å². The van der Waals surface area contributed by atoms with Crippen molar-refractivity contribution < 1.29 is 19.4 Å². The van der Waals surface area contributed by atoms with Crippen LogP contribution in [0.25, 0.3) is 0 Å². The number of amides is 1. The molecule has 0 bridgehead atoms. The second kappa shape index (κ2) is 6.97. The molecule has 114 valence electrons. The van der Waals surface area contributed by atoms with Gasteiger partial charge in [0, 0.05) is 13.1 Å². The first-order chi connectivity index (χ1) is 10.1. The van der Waals surface area contributed by atoms with Gasteiger partial charge in [-0.15, -0.1) is 0 Å². The van der Waals surface area contributed by atoms with E-state index in [1.54, 1.807) is 12.0 Å². The van der Waals surface area contributed by atoms with Crippen LogP contribution in [0, 0.1) is 5.92 Å². The van der Waals surface area contributed by atoms with Crippen LogP contribution in [0.4, 0.5) is 5.69 Å². The number of carboxylic acids is 1. The van der Waals surface area contributed by atoms with Gasteiger partial charge in [-0.05, 0) is 25.0 Å². The summed E-state index contributed by atoms with van der Waals surface area (Å²) in [6, 6.07) is 7.36. The van der Waals surface area contributed by atoms with E-state index in [2.05, 4.69) is 5.32 Å². The SMILES string of the molecule is COc1ccccc1NCC(=O)N1CCCC(C(=O)O)C1. The highest BCUT2D eigenvalue weighted by molar-refractivity contribution is 5.82. The van der Waals surface area contributed by atoms with E-state index in [0.717, 1.165) is 12.1 Å². The second-order valence-corrected chi connectivity index (χ2v) is 5.07. The third-order valence-electron chi connectivity index (χ3n) is 3.66. The van der Waals surface area contributed by atoms with Gasteiger partial charge >= 0.3 is 5.97 Å². The van der Waals surface area contributed by atoms with E-state index < -0.39 is 11.9 Å². The number of nitrogens with zero attached hydrogens (tertiary/aromatic N) is 1. The van der Waals surface area contributed by atoms with Crippen molar-refractivity contribution in [3.8, 4) is 5.75 Å². The smallest absolute Gasteiger partial charge is 0.308 e. The number of carbonyl (C=O) groups excluding carboxylic acids is 1. The minimum absolute atomic E-state index is 0.0909. The van der Waals surface area contributed by atoms with Gasteiger partial charge in [0.05, 0.1) is 25.3 Å². The Morgan fingerprint density at radius 1 is 1.43 bits per heavy atom. The highest BCUT2D eigenvalue weighted by Gasteiger charge is 2.27. The number of ether oxygens (including phenoxy) is 1. The Bertz CT molecular complexity index is 518. The maximum atomic E-state index is 12.2. The largest absolute Gasteiger partial charge is 0.495 e. The molecule has 1 unspecified atom stereocenters. The number of anilines is 1. The molecule has 6 nitrogen and oxygen atoms in total. The monoisotopic (exact) mass is 292 g/mol. The van der Waals surface area contributed by atoms with E-state index in [-0.39, 0.29) is 12.5 Å². The summed E-state index contributed by atoms with van der Waals surface area (Å²) in [6.07, 6.45) is 1.37. The Labute approximate surface area is 123 Å². The van der Waals surface area contributed by atoms with Crippen LogP contribution in [0.2, 0.25) is 0 Å². The molecule has 1 atom stereocenters. The van der Waals surface area contributed by atoms with E-state index in [0.29, 0.717) is 25.3 Å². The van der Waals surface area contributed by atoms with Crippen molar-refractivity contribution in [2.24, 2.45) is 5.92 Å². The van der Waals surface area contributed by atoms with Gasteiger partial charge < -0.3 is 20.1 Å². The van der Waals surface area contributed by atoms with Crippen LogP contribution in [-0.4, -0.2) is 48.6 Å².